The molecule has 0 saturated carbocycles. The van der Waals surface area contributed by atoms with Crippen molar-refractivity contribution in [2.24, 2.45) is 5.73 Å². The number of primary amides is 1. The van der Waals surface area contributed by atoms with E-state index in [0.717, 1.165) is 12.1 Å². The van der Waals surface area contributed by atoms with Gasteiger partial charge in [-0.2, -0.15) is 0 Å². The smallest absolute Gasteiger partial charge is 0.337 e. The molecule has 0 aliphatic heterocycles. The molecule has 108 valence electrons. The maximum atomic E-state index is 13.8. The number of nitrogens with one attached hydrogen (secondary N) is 1. The number of halogens is 1. The summed E-state index contributed by atoms with van der Waals surface area (Å²) in [6.07, 6.45) is 0. The molecular weight excluding hydrogens is 277 g/mol. The van der Waals surface area contributed by atoms with Crippen LogP contribution in [-0.4, -0.2) is 17.0 Å². The fourth-order valence-corrected chi connectivity index (χ4v) is 1.78. The van der Waals surface area contributed by atoms with Gasteiger partial charge in [-0.15, -0.1) is 0 Å². The van der Waals surface area contributed by atoms with Crippen molar-refractivity contribution < 1.29 is 19.1 Å². The van der Waals surface area contributed by atoms with Gasteiger partial charge in [-0.3, -0.25) is 4.79 Å². The van der Waals surface area contributed by atoms with E-state index in [4.69, 9.17) is 16.6 Å². The second kappa shape index (κ2) is 5.49. The normalized spacial score (nSPS) is 10.1. The zero-order chi connectivity index (χ0) is 15.6. The molecule has 0 aliphatic rings. The summed E-state index contributed by atoms with van der Waals surface area (Å²) in [6, 6.07) is 8.10. The molecule has 2 aromatic carbocycles. The number of carbonyl (C=O) groups is 2. The van der Waals surface area contributed by atoms with Crippen LogP contribution in [0.25, 0.3) is 0 Å². The Hall–Kier alpha value is -3.09. The average Bonchev–Trinajstić information content (AvgIpc) is 2.41. The topological polar surface area (TPSA) is 118 Å². The Balaban J connectivity index is 2.39. The number of carbonyl (C=O) groups excluding carboxylic acids is 1. The highest BCUT2D eigenvalue weighted by atomic mass is 19.1. The molecule has 2 rings (SSSR count). The number of amides is 1. The van der Waals surface area contributed by atoms with E-state index in [0.29, 0.717) is 5.69 Å². The minimum absolute atomic E-state index is 0.0665. The Kier molecular flexibility index (Phi) is 3.75. The van der Waals surface area contributed by atoms with Gasteiger partial charge in [-0.25, -0.2) is 9.18 Å². The fraction of sp³-hybridized carbons (Fsp3) is 0. The van der Waals surface area contributed by atoms with Gasteiger partial charge in [0.25, 0.3) is 0 Å². The van der Waals surface area contributed by atoms with Crippen LogP contribution in [0.1, 0.15) is 20.7 Å². The van der Waals surface area contributed by atoms with Gasteiger partial charge in [-0.1, -0.05) is 6.07 Å². The fourth-order valence-electron chi connectivity index (χ4n) is 1.78. The predicted octanol–water partition coefficient (Wildman–Crippen LogP) is 1.95. The molecule has 0 aliphatic carbocycles. The molecule has 1 amide bonds. The van der Waals surface area contributed by atoms with Gasteiger partial charge >= 0.3 is 5.97 Å². The number of aromatic carboxylic acids is 1. The van der Waals surface area contributed by atoms with Crippen molar-refractivity contribution in [3.05, 3.63) is 53.3 Å². The molecule has 0 radical (unpaired) electrons. The molecule has 0 spiro atoms. The maximum absolute atomic E-state index is 13.8. The lowest BCUT2D eigenvalue weighted by Crippen LogP contribution is -2.11. The minimum atomic E-state index is -1.26. The van der Waals surface area contributed by atoms with Crippen LogP contribution in [0, 0.1) is 5.82 Å². The van der Waals surface area contributed by atoms with Crippen LogP contribution in [0.15, 0.2) is 36.4 Å². The first-order valence-corrected chi connectivity index (χ1v) is 5.87. The summed E-state index contributed by atoms with van der Waals surface area (Å²) in [7, 11) is 0. The Morgan fingerprint density at radius 2 is 1.90 bits per heavy atom. The van der Waals surface area contributed by atoms with Crippen LogP contribution in [0.4, 0.5) is 21.5 Å². The van der Waals surface area contributed by atoms with E-state index >= 15 is 0 Å². The van der Waals surface area contributed by atoms with Crippen LogP contribution in [0.5, 0.6) is 0 Å². The number of carboxylic acid groups (broad SMARTS) is 1. The van der Waals surface area contributed by atoms with E-state index in [2.05, 4.69) is 5.32 Å². The monoisotopic (exact) mass is 289 g/mol. The molecule has 0 heterocycles. The highest BCUT2D eigenvalue weighted by molar-refractivity contribution is 5.96. The van der Waals surface area contributed by atoms with Crippen LogP contribution in [0.2, 0.25) is 0 Å². The lowest BCUT2D eigenvalue weighted by Gasteiger charge is -2.11. The Morgan fingerprint density at radius 3 is 2.52 bits per heavy atom. The second-order valence-electron chi connectivity index (χ2n) is 4.29. The van der Waals surface area contributed by atoms with Gasteiger partial charge in [0.2, 0.25) is 5.91 Å². The van der Waals surface area contributed by atoms with Crippen molar-refractivity contribution in [3.63, 3.8) is 0 Å². The number of hydrogen-bond donors (Lipinski definition) is 4. The number of nitrogens with two attached hydrogens (primary N) is 2. The highest BCUT2D eigenvalue weighted by Crippen LogP contribution is 2.25. The van der Waals surface area contributed by atoms with E-state index < -0.39 is 17.7 Å². The van der Waals surface area contributed by atoms with Gasteiger partial charge in [-0.05, 0) is 30.3 Å². The van der Waals surface area contributed by atoms with E-state index in [9.17, 15) is 14.0 Å². The number of benzene rings is 2. The molecule has 6 N–H and O–H groups in total. The average molecular weight is 289 g/mol. The third-order valence-corrected chi connectivity index (χ3v) is 2.80. The van der Waals surface area contributed by atoms with Crippen molar-refractivity contribution in [3.8, 4) is 0 Å². The van der Waals surface area contributed by atoms with Crippen LogP contribution in [0.3, 0.4) is 0 Å². The quantitative estimate of drug-likeness (QED) is 0.641. The summed E-state index contributed by atoms with van der Waals surface area (Å²) in [5, 5.41) is 11.7. The lowest BCUT2D eigenvalue weighted by atomic mass is 10.1. The van der Waals surface area contributed by atoms with Crippen molar-refractivity contribution in [2.45, 2.75) is 0 Å². The summed E-state index contributed by atoms with van der Waals surface area (Å²) in [5.41, 5.74) is 10.8. The number of anilines is 3. The van der Waals surface area contributed by atoms with Crippen LogP contribution >= 0.6 is 0 Å². The molecule has 7 heteroatoms. The molecular formula is C14H12FN3O3. The summed E-state index contributed by atoms with van der Waals surface area (Å²) in [5.74, 6) is -2.59. The van der Waals surface area contributed by atoms with E-state index in [1.807, 2.05) is 0 Å². The highest BCUT2D eigenvalue weighted by Gasteiger charge is 2.13. The summed E-state index contributed by atoms with van der Waals surface area (Å²) in [6.45, 7) is 0. The van der Waals surface area contributed by atoms with Crippen molar-refractivity contribution >= 4 is 28.9 Å². The standard InChI is InChI=1S/C14H12FN3O3/c15-10-6-11(16)9(14(20)21)5-12(10)18-8-3-1-2-7(4-8)13(17)19/h1-6,18H,16H2,(H2,17,19)(H,20,21). The zero-order valence-electron chi connectivity index (χ0n) is 10.8. The van der Waals surface area contributed by atoms with Crippen molar-refractivity contribution in [1.82, 2.24) is 0 Å². The third-order valence-electron chi connectivity index (χ3n) is 2.80. The molecule has 0 bridgehead atoms. The molecule has 0 aromatic heterocycles. The van der Waals surface area contributed by atoms with Gasteiger partial charge < -0.3 is 21.9 Å². The first kappa shape index (κ1) is 14.3. The van der Waals surface area contributed by atoms with Gasteiger partial charge in [0.15, 0.2) is 0 Å². The first-order chi connectivity index (χ1) is 9.88. The van der Waals surface area contributed by atoms with Gasteiger partial charge in [0.1, 0.15) is 5.82 Å². The number of rotatable bonds is 4. The third kappa shape index (κ3) is 3.08. The van der Waals surface area contributed by atoms with Gasteiger partial charge in [0, 0.05) is 16.9 Å². The molecule has 6 nitrogen and oxygen atoms in total. The molecule has 0 fully saturated rings. The molecule has 0 saturated heterocycles. The molecule has 0 atom stereocenters. The number of carboxylic acids is 1. The van der Waals surface area contributed by atoms with Crippen LogP contribution < -0.4 is 16.8 Å². The Morgan fingerprint density at radius 1 is 1.19 bits per heavy atom. The number of nitrogen functional groups attached to an aromatic ring is 1. The van der Waals surface area contributed by atoms with Crippen molar-refractivity contribution in [1.29, 1.82) is 0 Å². The van der Waals surface area contributed by atoms with Gasteiger partial charge in [0.05, 0.1) is 11.3 Å². The van der Waals surface area contributed by atoms with E-state index in [-0.39, 0.29) is 22.5 Å². The Bertz CT molecular complexity index is 731. The van der Waals surface area contributed by atoms with E-state index in [1.165, 1.54) is 12.1 Å². The second-order valence-corrected chi connectivity index (χ2v) is 4.29. The SMILES string of the molecule is NC(=O)c1cccc(Nc2cc(C(=O)O)c(N)cc2F)c1. The summed E-state index contributed by atoms with van der Waals surface area (Å²) >= 11 is 0. The van der Waals surface area contributed by atoms with Crippen LogP contribution in [-0.2, 0) is 0 Å². The maximum Gasteiger partial charge on any atom is 0.337 e. The first-order valence-electron chi connectivity index (χ1n) is 5.87. The molecule has 21 heavy (non-hydrogen) atoms. The number of hydrogen-bond acceptors (Lipinski definition) is 4. The Labute approximate surface area is 119 Å². The lowest BCUT2D eigenvalue weighted by molar-refractivity contribution is 0.0698. The summed E-state index contributed by atoms with van der Waals surface area (Å²) in [4.78, 5) is 22.1. The zero-order valence-corrected chi connectivity index (χ0v) is 10.8. The largest absolute Gasteiger partial charge is 0.478 e. The summed E-state index contributed by atoms with van der Waals surface area (Å²) < 4.78 is 13.8. The predicted molar refractivity (Wildman–Crippen MR) is 76.0 cm³/mol. The van der Waals surface area contributed by atoms with Crippen molar-refractivity contribution in [2.75, 3.05) is 11.1 Å². The molecule has 0 unspecified atom stereocenters. The minimum Gasteiger partial charge on any atom is -0.478 e. The van der Waals surface area contributed by atoms with E-state index in [1.54, 1.807) is 12.1 Å². The molecule has 2 aromatic rings.